The molecule has 2 aliphatic rings. The summed E-state index contributed by atoms with van der Waals surface area (Å²) in [5.74, 6) is -1.53. The molecule has 3 aromatic rings. The normalized spacial score (nSPS) is 15.4. The summed E-state index contributed by atoms with van der Waals surface area (Å²) >= 11 is 6.51. The van der Waals surface area contributed by atoms with Crippen LogP contribution in [0.15, 0.2) is 52.7 Å². The van der Waals surface area contributed by atoms with Gasteiger partial charge < -0.3 is 10.6 Å². The van der Waals surface area contributed by atoms with E-state index >= 15 is 4.39 Å². The van der Waals surface area contributed by atoms with E-state index in [-0.39, 0.29) is 26.3 Å². The Morgan fingerprint density at radius 3 is 2.51 bits per heavy atom. The molecule has 3 N–H and O–H groups in total. The van der Waals surface area contributed by atoms with Crippen LogP contribution in [-0.2, 0) is 21.2 Å². The third-order valence-electron chi connectivity index (χ3n) is 5.91. The van der Waals surface area contributed by atoms with Gasteiger partial charge >= 0.3 is 6.03 Å². The Hall–Kier alpha value is -3.48. The second-order valence-corrected chi connectivity index (χ2v) is 12.3. The number of halogens is 2. The molecule has 0 radical (unpaired) electrons. The highest BCUT2D eigenvalue weighted by molar-refractivity contribution is 7.92. The van der Waals surface area contributed by atoms with Gasteiger partial charge in [0.25, 0.3) is 15.9 Å². The van der Waals surface area contributed by atoms with E-state index in [4.69, 9.17) is 11.6 Å². The number of nitrogens with one attached hydrogen (secondary N) is 3. The summed E-state index contributed by atoms with van der Waals surface area (Å²) in [5.41, 5.74) is 1.33. The van der Waals surface area contributed by atoms with Crippen LogP contribution in [0.5, 0.6) is 0 Å². The molecule has 1 aromatic heterocycles. The molecule has 0 bridgehead atoms. The third kappa shape index (κ3) is 5.45. The van der Waals surface area contributed by atoms with E-state index in [0.29, 0.717) is 17.0 Å². The molecular weight excluding hydrogens is 543 g/mol. The van der Waals surface area contributed by atoms with Crippen LogP contribution in [0, 0.1) is 11.7 Å². The minimum Gasteiger partial charge on any atom is -0.385 e. The second-order valence-electron chi connectivity index (χ2n) is 8.69. The molecule has 0 atom stereocenters. The zero-order valence-electron chi connectivity index (χ0n) is 19.1. The Bertz CT molecular complexity index is 1540. The number of carbonyl (C=O) groups excluding carboxylic acids is 3. The Morgan fingerprint density at radius 1 is 1.08 bits per heavy atom. The summed E-state index contributed by atoms with van der Waals surface area (Å²) in [6, 6.07) is 9.96. The van der Waals surface area contributed by atoms with Crippen molar-refractivity contribution in [2.75, 3.05) is 22.1 Å². The molecule has 4 amide bonds. The lowest BCUT2D eigenvalue weighted by molar-refractivity contribution is -0.117. The molecule has 1 saturated carbocycles. The van der Waals surface area contributed by atoms with Gasteiger partial charge in [-0.1, -0.05) is 11.6 Å². The minimum absolute atomic E-state index is 0.0769. The van der Waals surface area contributed by atoms with Gasteiger partial charge in [0.2, 0.25) is 5.91 Å². The Morgan fingerprint density at radius 2 is 1.84 bits per heavy atom. The van der Waals surface area contributed by atoms with Crippen LogP contribution in [-0.4, -0.2) is 32.8 Å². The van der Waals surface area contributed by atoms with Crippen molar-refractivity contribution in [3.63, 3.8) is 0 Å². The van der Waals surface area contributed by atoms with E-state index in [1.165, 1.54) is 37.1 Å². The fourth-order valence-corrected chi connectivity index (χ4v) is 6.29. The number of fused-ring (bicyclic) bond motifs is 1. The quantitative estimate of drug-likeness (QED) is 0.361. The Balaban J connectivity index is 1.29. The van der Waals surface area contributed by atoms with Crippen molar-refractivity contribution in [1.82, 2.24) is 4.72 Å². The summed E-state index contributed by atoms with van der Waals surface area (Å²) in [6.45, 7) is 0.838. The number of urea groups is 1. The van der Waals surface area contributed by atoms with Gasteiger partial charge in [-0.05, 0) is 72.9 Å². The number of carbonyl (C=O) groups is 3. The highest BCUT2D eigenvalue weighted by Gasteiger charge is 2.34. The molecule has 9 nitrogen and oxygen atoms in total. The van der Waals surface area contributed by atoms with Crippen molar-refractivity contribution >= 4 is 67.9 Å². The molecule has 1 fully saturated rings. The Labute approximate surface area is 220 Å². The molecule has 2 heterocycles. The average Bonchev–Trinajstić information content (AvgIpc) is 3.55. The molecule has 0 spiro atoms. The topological polar surface area (TPSA) is 125 Å². The van der Waals surface area contributed by atoms with E-state index in [9.17, 15) is 22.8 Å². The van der Waals surface area contributed by atoms with Gasteiger partial charge in [-0.3, -0.25) is 9.59 Å². The number of anilines is 3. The van der Waals surface area contributed by atoms with Crippen molar-refractivity contribution < 1.29 is 27.2 Å². The van der Waals surface area contributed by atoms with Gasteiger partial charge in [0, 0.05) is 23.5 Å². The van der Waals surface area contributed by atoms with E-state index in [1.807, 2.05) is 4.72 Å². The summed E-state index contributed by atoms with van der Waals surface area (Å²) < 4.78 is 41.4. The van der Waals surface area contributed by atoms with E-state index < -0.39 is 33.7 Å². The highest BCUT2D eigenvalue weighted by atomic mass is 35.5. The van der Waals surface area contributed by atoms with Gasteiger partial charge in [0.1, 0.15) is 10.0 Å². The van der Waals surface area contributed by atoms with Crippen LogP contribution in [0.4, 0.5) is 26.2 Å². The maximum atomic E-state index is 15.0. The predicted octanol–water partition coefficient (Wildman–Crippen LogP) is 4.60. The zero-order valence-corrected chi connectivity index (χ0v) is 21.5. The van der Waals surface area contributed by atoms with Crippen LogP contribution in [0.1, 0.15) is 28.8 Å². The van der Waals surface area contributed by atoms with E-state index in [1.54, 1.807) is 18.2 Å². The highest BCUT2D eigenvalue weighted by Crippen LogP contribution is 2.32. The Kier molecular flexibility index (Phi) is 6.65. The fourth-order valence-electron chi connectivity index (χ4n) is 3.90. The lowest BCUT2D eigenvalue weighted by Crippen LogP contribution is -2.43. The largest absolute Gasteiger partial charge is 0.385 e. The van der Waals surface area contributed by atoms with Crippen molar-refractivity contribution in [2.45, 2.75) is 23.5 Å². The number of hydrogen-bond donors (Lipinski definition) is 3. The van der Waals surface area contributed by atoms with Crippen molar-refractivity contribution in [1.29, 1.82) is 0 Å². The molecular formula is C24H20ClFN4O5S2. The van der Waals surface area contributed by atoms with Gasteiger partial charge in [-0.25, -0.2) is 27.2 Å². The van der Waals surface area contributed by atoms with Crippen LogP contribution in [0.3, 0.4) is 0 Å². The van der Waals surface area contributed by atoms with Gasteiger partial charge in [0.05, 0.1) is 16.4 Å². The van der Waals surface area contributed by atoms with Gasteiger partial charge in [-0.15, -0.1) is 11.3 Å². The maximum Gasteiger partial charge on any atom is 0.333 e. The smallest absolute Gasteiger partial charge is 0.333 e. The van der Waals surface area contributed by atoms with E-state index in [0.717, 1.165) is 34.5 Å². The molecule has 1 aliphatic carbocycles. The fraction of sp³-hybridized carbons (Fsp3) is 0.208. The summed E-state index contributed by atoms with van der Waals surface area (Å²) in [4.78, 5) is 38.9. The van der Waals surface area contributed by atoms with Crippen LogP contribution < -0.4 is 20.3 Å². The number of thiophene rings is 1. The lowest BCUT2D eigenvalue weighted by atomic mass is 9.97. The third-order valence-corrected chi connectivity index (χ3v) is 8.96. The van der Waals surface area contributed by atoms with Crippen molar-refractivity contribution in [3.8, 4) is 0 Å². The molecule has 5 rings (SSSR count). The first-order valence-corrected chi connectivity index (χ1v) is 13.9. The van der Waals surface area contributed by atoms with Gasteiger partial charge in [0.15, 0.2) is 0 Å². The van der Waals surface area contributed by atoms with E-state index in [2.05, 4.69) is 10.6 Å². The maximum absolute atomic E-state index is 15.0. The number of rotatable bonds is 7. The number of nitrogens with zero attached hydrogens (tertiary/aromatic N) is 1. The standard InChI is InChI=1S/C24H20ClFN4O5S2/c25-20-7-8-22(36-20)37(34,35)29-24(33)28-16-4-6-19(18(26)11-16)30-21(31)10-14-9-15(27-12-13-1-2-13)3-5-17(14)23(30)32/h3-9,11,13,27H,1-2,10,12H2,(H2,28,29,33). The molecule has 1 aliphatic heterocycles. The summed E-state index contributed by atoms with van der Waals surface area (Å²) in [7, 11) is -4.17. The lowest BCUT2D eigenvalue weighted by Gasteiger charge is -2.27. The molecule has 0 unspecified atom stereocenters. The SMILES string of the molecule is O=C(Nc1ccc(N2C(=O)Cc3cc(NCC4CC4)ccc3C2=O)c(F)c1)NS(=O)(=O)c1ccc(Cl)s1. The monoisotopic (exact) mass is 562 g/mol. The first kappa shape index (κ1) is 25.2. The molecule has 192 valence electrons. The molecule has 13 heteroatoms. The van der Waals surface area contributed by atoms with Crippen LogP contribution >= 0.6 is 22.9 Å². The van der Waals surface area contributed by atoms with Crippen LogP contribution in [0.25, 0.3) is 0 Å². The number of imide groups is 1. The molecule has 37 heavy (non-hydrogen) atoms. The van der Waals surface area contributed by atoms with Crippen molar-refractivity contribution in [2.24, 2.45) is 5.92 Å². The minimum atomic E-state index is -4.17. The molecule has 2 aromatic carbocycles. The number of benzene rings is 2. The first-order chi connectivity index (χ1) is 17.6. The average molecular weight is 563 g/mol. The van der Waals surface area contributed by atoms with Crippen molar-refractivity contribution in [3.05, 3.63) is 69.8 Å². The number of amides is 4. The number of sulfonamides is 1. The molecule has 0 saturated heterocycles. The summed E-state index contributed by atoms with van der Waals surface area (Å²) in [6.07, 6.45) is 2.31. The zero-order chi connectivity index (χ0) is 26.3. The number of hydrogen-bond acceptors (Lipinski definition) is 7. The van der Waals surface area contributed by atoms with Gasteiger partial charge in [-0.2, -0.15) is 0 Å². The predicted molar refractivity (Wildman–Crippen MR) is 138 cm³/mol. The van der Waals surface area contributed by atoms with Crippen LogP contribution in [0.2, 0.25) is 4.34 Å². The summed E-state index contributed by atoms with van der Waals surface area (Å²) in [5, 5.41) is 5.53. The first-order valence-electron chi connectivity index (χ1n) is 11.2. The second kappa shape index (κ2) is 9.77.